The number of benzene rings is 2. The Morgan fingerprint density at radius 3 is 2.45 bits per heavy atom. The van der Waals surface area contributed by atoms with E-state index >= 15 is 0 Å². The molecule has 2 heterocycles. The summed E-state index contributed by atoms with van der Waals surface area (Å²) in [5.41, 5.74) is 1.30. The van der Waals surface area contributed by atoms with Gasteiger partial charge < -0.3 is 20.1 Å². The molecular formula is C23H22ClF3N2O4. The lowest BCUT2D eigenvalue weighted by molar-refractivity contribution is -0.225. The minimum atomic E-state index is -4.46. The molecule has 2 aromatic carbocycles. The number of halogens is 4. The quantitative estimate of drug-likeness (QED) is 0.617. The Balaban J connectivity index is 1.74. The molecule has 1 saturated heterocycles. The van der Waals surface area contributed by atoms with Gasteiger partial charge in [0.05, 0.1) is 35.7 Å². The Morgan fingerprint density at radius 2 is 1.79 bits per heavy atom. The smallest absolute Gasteiger partial charge is 0.416 e. The Bertz CT molecular complexity index is 1070. The van der Waals surface area contributed by atoms with Crippen LogP contribution in [0.4, 0.5) is 18.9 Å². The van der Waals surface area contributed by atoms with Gasteiger partial charge in [0.2, 0.25) is 0 Å². The van der Waals surface area contributed by atoms with Crippen LogP contribution in [0.3, 0.4) is 0 Å². The first-order valence-corrected chi connectivity index (χ1v) is 10.9. The van der Waals surface area contributed by atoms with Gasteiger partial charge in [-0.2, -0.15) is 13.2 Å². The summed E-state index contributed by atoms with van der Waals surface area (Å²) in [4.78, 5) is 24.5. The van der Waals surface area contributed by atoms with Crippen molar-refractivity contribution < 1.29 is 32.2 Å². The number of carbonyl (C=O) groups is 2. The highest BCUT2D eigenvalue weighted by atomic mass is 35.5. The predicted octanol–water partition coefficient (Wildman–Crippen LogP) is 4.71. The average Bonchev–Trinajstić information content (AvgIpc) is 3.02. The van der Waals surface area contributed by atoms with E-state index in [0.29, 0.717) is 40.4 Å². The van der Waals surface area contributed by atoms with Crippen molar-refractivity contribution in [2.45, 2.75) is 44.2 Å². The highest BCUT2D eigenvalue weighted by Crippen LogP contribution is 2.41. The van der Waals surface area contributed by atoms with Crippen LogP contribution in [0, 0.1) is 0 Å². The van der Waals surface area contributed by atoms with Crippen LogP contribution in [0.5, 0.6) is 0 Å². The van der Waals surface area contributed by atoms with Crippen molar-refractivity contribution in [3.8, 4) is 0 Å². The van der Waals surface area contributed by atoms with Crippen LogP contribution in [0.25, 0.3) is 0 Å². The van der Waals surface area contributed by atoms with Gasteiger partial charge in [-0.25, -0.2) is 0 Å². The van der Waals surface area contributed by atoms with Crippen LogP contribution in [-0.2, 0) is 37.4 Å². The van der Waals surface area contributed by atoms with Gasteiger partial charge >= 0.3 is 18.1 Å². The van der Waals surface area contributed by atoms with E-state index in [-0.39, 0.29) is 19.4 Å². The number of rotatable bonds is 3. The first-order valence-electron chi connectivity index (χ1n) is 10.5. The maximum Gasteiger partial charge on any atom is 0.416 e. The van der Waals surface area contributed by atoms with Crippen LogP contribution >= 0.6 is 11.6 Å². The van der Waals surface area contributed by atoms with Gasteiger partial charge in [-0.05, 0) is 55.3 Å². The van der Waals surface area contributed by atoms with Crippen LogP contribution in [0.1, 0.15) is 48.1 Å². The Morgan fingerprint density at radius 1 is 1.09 bits per heavy atom. The molecule has 2 aromatic rings. The molecule has 6 nitrogen and oxygen atoms in total. The van der Waals surface area contributed by atoms with Gasteiger partial charge in [0.15, 0.2) is 0 Å². The average molecular weight is 483 g/mol. The molecule has 1 fully saturated rings. The third kappa shape index (κ3) is 4.79. The summed E-state index contributed by atoms with van der Waals surface area (Å²) in [6, 6.07) is 7.76. The number of fused-ring (bicyclic) bond motifs is 2. The van der Waals surface area contributed by atoms with Crippen molar-refractivity contribution in [1.29, 1.82) is 0 Å². The number of hydrogen-bond acceptors (Lipinski definition) is 6. The lowest BCUT2D eigenvalue weighted by atomic mass is 9.95. The molecule has 176 valence electrons. The fourth-order valence-corrected chi connectivity index (χ4v) is 4.35. The zero-order chi connectivity index (χ0) is 23.8. The first-order chi connectivity index (χ1) is 15.6. The van der Waals surface area contributed by atoms with Gasteiger partial charge in [-0.1, -0.05) is 23.7 Å². The van der Waals surface area contributed by atoms with Crippen molar-refractivity contribution >= 4 is 29.2 Å². The number of carbonyl (C=O) groups excluding carboxylic acids is 2. The SMILES string of the molecule is CC(Nc1c(Cl)ccc2c1CCNCC21OC(=O)CCC(=O)O1)c1cccc(C(F)(F)F)c1. The number of ether oxygens (including phenoxy) is 2. The number of hydrogen-bond donors (Lipinski definition) is 2. The second-order valence-electron chi connectivity index (χ2n) is 8.07. The zero-order valence-electron chi connectivity index (χ0n) is 17.7. The van der Waals surface area contributed by atoms with Gasteiger partial charge in [-0.15, -0.1) is 0 Å². The van der Waals surface area contributed by atoms with Crippen molar-refractivity contribution in [3.63, 3.8) is 0 Å². The molecule has 0 saturated carbocycles. The Hall–Kier alpha value is -2.78. The van der Waals surface area contributed by atoms with Crippen LogP contribution in [0.15, 0.2) is 36.4 Å². The normalized spacial score (nSPS) is 19.1. The molecule has 4 rings (SSSR count). The maximum absolute atomic E-state index is 13.2. The number of nitrogens with one attached hydrogen (secondary N) is 2. The zero-order valence-corrected chi connectivity index (χ0v) is 18.5. The van der Waals surface area contributed by atoms with E-state index in [1.165, 1.54) is 6.07 Å². The second-order valence-corrected chi connectivity index (χ2v) is 8.47. The third-order valence-corrected chi connectivity index (χ3v) is 6.06. The highest BCUT2D eigenvalue weighted by molar-refractivity contribution is 6.33. The molecule has 0 bridgehead atoms. The van der Waals surface area contributed by atoms with Crippen LogP contribution in [-0.4, -0.2) is 25.0 Å². The summed E-state index contributed by atoms with van der Waals surface area (Å²) >= 11 is 6.49. The van der Waals surface area contributed by atoms with Gasteiger partial charge in [0.25, 0.3) is 5.79 Å². The Labute approximate surface area is 193 Å². The summed E-state index contributed by atoms with van der Waals surface area (Å²) in [6.07, 6.45) is -4.16. The predicted molar refractivity (Wildman–Crippen MR) is 115 cm³/mol. The van der Waals surface area contributed by atoms with Gasteiger partial charge in [0.1, 0.15) is 0 Å². The molecule has 0 radical (unpaired) electrons. The van der Waals surface area contributed by atoms with Crippen molar-refractivity contribution in [2.75, 3.05) is 18.4 Å². The summed E-state index contributed by atoms with van der Waals surface area (Å²) in [6.45, 7) is 2.28. The van der Waals surface area contributed by atoms with Crippen LogP contribution < -0.4 is 10.6 Å². The topological polar surface area (TPSA) is 76.7 Å². The molecule has 2 N–H and O–H groups in total. The van der Waals surface area contributed by atoms with Gasteiger partial charge in [-0.3, -0.25) is 9.59 Å². The van der Waals surface area contributed by atoms with Crippen molar-refractivity contribution in [2.24, 2.45) is 0 Å². The minimum Gasteiger partial charge on any atom is -0.416 e. The standard InChI is InChI=1S/C23H22ClF3N2O4/c1-13(14-3-2-4-15(11-14)23(25,26)27)29-21-16-9-10-28-12-22(17(16)5-6-18(21)24)32-19(30)7-8-20(31)33-22/h2-6,11,13,28-29H,7-10,12H2,1H3. The highest BCUT2D eigenvalue weighted by Gasteiger charge is 2.46. The first kappa shape index (κ1) is 23.4. The number of anilines is 1. The largest absolute Gasteiger partial charge is 0.416 e. The lowest BCUT2D eigenvalue weighted by Gasteiger charge is -2.32. The van der Waals surface area contributed by atoms with E-state index in [0.717, 1.165) is 12.1 Å². The van der Waals surface area contributed by atoms with Crippen LogP contribution in [0.2, 0.25) is 5.02 Å². The summed E-state index contributed by atoms with van der Waals surface area (Å²) in [5.74, 6) is -2.76. The summed E-state index contributed by atoms with van der Waals surface area (Å²) in [7, 11) is 0. The van der Waals surface area contributed by atoms with E-state index in [1.54, 1.807) is 25.1 Å². The molecule has 2 aliphatic rings. The van der Waals surface area contributed by atoms with E-state index in [2.05, 4.69) is 10.6 Å². The van der Waals surface area contributed by atoms with E-state index in [1.807, 2.05) is 0 Å². The molecule has 1 atom stereocenters. The maximum atomic E-state index is 13.2. The molecule has 0 amide bonds. The molecule has 2 aliphatic heterocycles. The fourth-order valence-electron chi connectivity index (χ4n) is 4.11. The fraction of sp³-hybridized carbons (Fsp3) is 0.391. The number of alkyl halides is 3. The third-order valence-electron chi connectivity index (χ3n) is 5.75. The molecular weight excluding hydrogens is 461 g/mol. The summed E-state index contributed by atoms with van der Waals surface area (Å²) in [5, 5.41) is 6.69. The van der Waals surface area contributed by atoms with Crippen molar-refractivity contribution in [1.82, 2.24) is 5.32 Å². The summed E-state index contributed by atoms with van der Waals surface area (Å²) < 4.78 is 50.7. The van der Waals surface area contributed by atoms with E-state index < -0.39 is 35.5 Å². The van der Waals surface area contributed by atoms with E-state index in [4.69, 9.17) is 21.1 Å². The van der Waals surface area contributed by atoms with E-state index in [9.17, 15) is 22.8 Å². The molecule has 0 aliphatic carbocycles. The molecule has 1 unspecified atom stereocenters. The van der Waals surface area contributed by atoms with Gasteiger partial charge in [0, 0.05) is 11.6 Å². The van der Waals surface area contributed by atoms with Crippen molar-refractivity contribution in [3.05, 3.63) is 63.7 Å². The lowest BCUT2D eigenvalue weighted by Crippen LogP contribution is -2.43. The monoisotopic (exact) mass is 482 g/mol. The minimum absolute atomic E-state index is 0.0712. The number of esters is 2. The molecule has 10 heteroatoms. The second kappa shape index (κ2) is 8.87. The molecule has 33 heavy (non-hydrogen) atoms. The molecule has 1 spiro atoms. The molecule has 0 aromatic heterocycles. The Kier molecular flexibility index (Phi) is 6.28.